The molecule has 2 heterocycles. The molecule has 0 spiro atoms. The number of nitrogens with two attached hydrogens (primary N) is 1. The SMILES string of the molecule is CC(N)C(=O)Nc1ncnc2c1ncn2-c1ccc(NC(=O)Nc2ccc(Cl)c(C(F)(F)F)c2)cc1. The zero-order chi connectivity index (χ0) is 26.0. The Kier molecular flexibility index (Phi) is 6.77. The van der Waals surface area contributed by atoms with Gasteiger partial charge in [-0.3, -0.25) is 9.36 Å². The molecule has 1 atom stereocenters. The van der Waals surface area contributed by atoms with Crippen molar-refractivity contribution < 1.29 is 22.8 Å². The fraction of sp³-hybridized carbons (Fsp3) is 0.136. The molecular formula is C22H18ClF3N8O2. The van der Waals surface area contributed by atoms with Crippen LogP contribution in [0, 0.1) is 0 Å². The number of carbonyl (C=O) groups is 2. The van der Waals surface area contributed by atoms with E-state index in [0.717, 1.165) is 12.1 Å². The molecule has 4 aromatic rings. The van der Waals surface area contributed by atoms with Crippen LogP contribution in [-0.4, -0.2) is 37.5 Å². The lowest BCUT2D eigenvalue weighted by Gasteiger charge is -2.12. The Morgan fingerprint density at radius 3 is 2.33 bits per heavy atom. The second-order valence-electron chi connectivity index (χ2n) is 7.61. The molecule has 0 saturated heterocycles. The Morgan fingerprint density at radius 2 is 1.67 bits per heavy atom. The predicted molar refractivity (Wildman–Crippen MR) is 128 cm³/mol. The molecule has 0 aliphatic heterocycles. The lowest BCUT2D eigenvalue weighted by Crippen LogP contribution is -2.32. The number of fused-ring (bicyclic) bond motifs is 1. The van der Waals surface area contributed by atoms with Crippen molar-refractivity contribution in [2.45, 2.75) is 19.1 Å². The second kappa shape index (κ2) is 9.79. The monoisotopic (exact) mass is 518 g/mol. The zero-order valence-electron chi connectivity index (χ0n) is 18.5. The minimum Gasteiger partial charge on any atom is -0.320 e. The molecule has 0 aliphatic rings. The maximum atomic E-state index is 13.0. The van der Waals surface area contributed by atoms with Crippen LogP contribution in [0.1, 0.15) is 12.5 Å². The maximum absolute atomic E-state index is 13.0. The van der Waals surface area contributed by atoms with Crippen molar-refractivity contribution >= 4 is 51.9 Å². The minimum absolute atomic E-state index is 0.0719. The Morgan fingerprint density at radius 1 is 1.00 bits per heavy atom. The third-order valence-electron chi connectivity index (χ3n) is 4.92. The third-order valence-corrected chi connectivity index (χ3v) is 5.25. The van der Waals surface area contributed by atoms with Crippen LogP contribution in [0.5, 0.6) is 0 Å². The number of nitrogens with one attached hydrogen (secondary N) is 3. The largest absolute Gasteiger partial charge is 0.417 e. The van der Waals surface area contributed by atoms with Crippen molar-refractivity contribution in [2.24, 2.45) is 5.73 Å². The second-order valence-corrected chi connectivity index (χ2v) is 8.01. The summed E-state index contributed by atoms with van der Waals surface area (Å²) >= 11 is 5.60. The van der Waals surface area contributed by atoms with E-state index in [-0.39, 0.29) is 11.5 Å². The first-order valence-electron chi connectivity index (χ1n) is 10.3. The van der Waals surface area contributed by atoms with Crippen LogP contribution >= 0.6 is 11.6 Å². The number of amides is 3. The van der Waals surface area contributed by atoms with Crippen LogP contribution in [0.3, 0.4) is 0 Å². The van der Waals surface area contributed by atoms with Gasteiger partial charge in [-0.05, 0) is 49.4 Å². The molecule has 186 valence electrons. The van der Waals surface area contributed by atoms with Gasteiger partial charge in [0.05, 0.1) is 16.6 Å². The number of rotatable bonds is 5. The average Bonchev–Trinajstić information content (AvgIpc) is 3.25. The van der Waals surface area contributed by atoms with Crippen molar-refractivity contribution in [2.75, 3.05) is 16.0 Å². The van der Waals surface area contributed by atoms with E-state index in [1.54, 1.807) is 28.8 Å². The van der Waals surface area contributed by atoms with E-state index in [4.69, 9.17) is 17.3 Å². The van der Waals surface area contributed by atoms with Crippen molar-refractivity contribution in [1.29, 1.82) is 0 Å². The Labute approximate surface area is 206 Å². The fourth-order valence-electron chi connectivity index (χ4n) is 3.16. The van der Waals surface area contributed by atoms with E-state index >= 15 is 0 Å². The molecule has 4 rings (SSSR count). The van der Waals surface area contributed by atoms with E-state index in [1.165, 1.54) is 25.6 Å². The number of nitrogens with zero attached hydrogens (tertiary/aromatic N) is 4. The fourth-order valence-corrected chi connectivity index (χ4v) is 3.39. The van der Waals surface area contributed by atoms with Crippen molar-refractivity contribution in [1.82, 2.24) is 19.5 Å². The van der Waals surface area contributed by atoms with Crippen LogP contribution in [0.25, 0.3) is 16.9 Å². The normalized spacial score (nSPS) is 12.3. The molecule has 3 amide bonds. The first-order chi connectivity index (χ1) is 17.0. The maximum Gasteiger partial charge on any atom is 0.417 e. The molecule has 36 heavy (non-hydrogen) atoms. The molecule has 0 aliphatic carbocycles. The Bertz CT molecular complexity index is 1440. The van der Waals surface area contributed by atoms with Crippen LogP contribution in [0.2, 0.25) is 5.02 Å². The molecule has 1 unspecified atom stereocenters. The summed E-state index contributed by atoms with van der Waals surface area (Å²) in [7, 11) is 0. The number of hydrogen-bond acceptors (Lipinski definition) is 6. The highest BCUT2D eigenvalue weighted by Crippen LogP contribution is 2.36. The van der Waals surface area contributed by atoms with Gasteiger partial charge in [0.15, 0.2) is 17.0 Å². The summed E-state index contributed by atoms with van der Waals surface area (Å²) in [6.07, 6.45) is -1.88. The van der Waals surface area contributed by atoms with Crippen LogP contribution in [0.15, 0.2) is 55.1 Å². The predicted octanol–water partition coefficient (Wildman–Crippen LogP) is 4.42. The van der Waals surface area contributed by atoms with Crippen molar-refractivity contribution in [3.05, 3.63) is 65.7 Å². The molecule has 0 saturated carbocycles. The van der Waals surface area contributed by atoms with E-state index in [1.807, 2.05) is 0 Å². The molecule has 10 nitrogen and oxygen atoms in total. The number of carbonyl (C=O) groups excluding carboxylic acids is 2. The van der Waals surface area contributed by atoms with Gasteiger partial charge in [0.25, 0.3) is 0 Å². The summed E-state index contributed by atoms with van der Waals surface area (Å²) in [6.45, 7) is 1.54. The number of benzene rings is 2. The summed E-state index contributed by atoms with van der Waals surface area (Å²) in [4.78, 5) is 36.7. The number of anilines is 3. The van der Waals surface area contributed by atoms with Gasteiger partial charge in [-0.15, -0.1) is 0 Å². The van der Waals surface area contributed by atoms with E-state index < -0.39 is 34.7 Å². The van der Waals surface area contributed by atoms with E-state index in [2.05, 4.69) is 30.9 Å². The van der Waals surface area contributed by atoms with Crippen molar-refractivity contribution in [3.8, 4) is 5.69 Å². The summed E-state index contributed by atoms with van der Waals surface area (Å²) in [6, 6.07) is 8.11. The molecule has 2 aromatic carbocycles. The lowest BCUT2D eigenvalue weighted by molar-refractivity contribution is -0.137. The molecular weight excluding hydrogens is 501 g/mol. The number of hydrogen-bond donors (Lipinski definition) is 4. The summed E-state index contributed by atoms with van der Waals surface area (Å²) in [5.41, 5.74) is 6.25. The lowest BCUT2D eigenvalue weighted by atomic mass is 10.2. The Balaban J connectivity index is 1.48. The van der Waals surface area contributed by atoms with Crippen LogP contribution in [-0.2, 0) is 11.0 Å². The number of imidazole rings is 1. The zero-order valence-corrected chi connectivity index (χ0v) is 19.2. The molecule has 0 bridgehead atoms. The van der Waals surface area contributed by atoms with Gasteiger partial charge >= 0.3 is 12.2 Å². The van der Waals surface area contributed by atoms with E-state index in [9.17, 15) is 22.8 Å². The number of urea groups is 1. The summed E-state index contributed by atoms with van der Waals surface area (Å²) in [5.74, 6) is -0.210. The summed E-state index contributed by atoms with van der Waals surface area (Å²) in [5, 5.41) is 7.01. The molecule has 14 heteroatoms. The standard InChI is InChI=1S/C22H18ClF3N8O2/c1-11(27)20(35)33-18-17-19(29-9-28-18)34(10-30-17)14-5-2-12(3-6-14)31-21(36)32-13-4-7-16(23)15(8-13)22(24,25)26/h2-11H,27H2,1H3,(H2,31,32,36)(H,28,29,33,35). The average molecular weight is 519 g/mol. The van der Waals surface area contributed by atoms with Gasteiger partial charge in [0, 0.05) is 17.1 Å². The number of aromatic nitrogens is 4. The molecule has 0 radical (unpaired) electrons. The third kappa shape index (κ3) is 5.37. The van der Waals surface area contributed by atoms with Gasteiger partial charge in [0.2, 0.25) is 5.91 Å². The van der Waals surface area contributed by atoms with Gasteiger partial charge in [-0.1, -0.05) is 11.6 Å². The smallest absolute Gasteiger partial charge is 0.320 e. The van der Waals surface area contributed by atoms with Crippen LogP contribution < -0.4 is 21.7 Å². The summed E-state index contributed by atoms with van der Waals surface area (Å²) < 4.78 is 40.7. The molecule has 2 aromatic heterocycles. The molecule has 0 fully saturated rings. The quantitative estimate of drug-likeness (QED) is 0.308. The van der Waals surface area contributed by atoms with Gasteiger partial charge in [0.1, 0.15) is 12.7 Å². The van der Waals surface area contributed by atoms with E-state index in [0.29, 0.717) is 22.5 Å². The highest BCUT2D eigenvalue weighted by atomic mass is 35.5. The van der Waals surface area contributed by atoms with Gasteiger partial charge in [-0.2, -0.15) is 13.2 Å². The van der Waals surface area contributed by atoms with Crippen LogP contribution in [0.4, 0.5) is 35.2 Å². The molecule has 5 N–H and O–H groups in total. The first-order valence-corrected chi connectivity index (χ1v) is 10.7. The highest BCUT2D eigenvalue weighted by Gasteiger charge is 2.33. The van der Waals surface area contributed by atoms with Crippen molar-refractivity contribution in [3.63, 3.8) is 0 Å². The highest BCUT2D eigenvalue weighted by molar-refractivity contribution is 6.31. The number of halogens is 4. The minimum atomic E-state index is -4.65. The Hall–Kier alpha value is -4.23. The van der Waals surface area contributed by atoms with Gasteiger partial charge in [-0.25, -0.2) is 19.7 Å². The number of alkyl halides is 3. The van der Waals surface area contributed by atoms with Gasteiger partial charge < -0.3 is 21.7 Å². The first kappa shape index (κ1) is 24.9. The topological polar surface area (TPSA) is 140 Å².